The Morgan fingerprint density at radius 1 is 1.25 bits per heavy atom. The highest BCUT2D eigenvalue weighted by Gasteiger charge is 2.36. The van der Waals surface area contributed by atoms with Crippen molar-refractivity contribution in [2.75, 3.05) is 13.1 Å². The van der Waals surface area contributed by atoms with Gasteiger partial charge in [0.2, 0.25) is 5.91 Å². The standard InChI is InChI=1S/C16H31N3O/c1-5-19(10-16(20)17-12(4)11(2)3)15-8-13-6-7-14(9-15)18-13/h11-15,18H,5-10H2,1-4H3,(H,17,20). The molecule has 116 valence electrons. The topological polar surface area (TPSA) is 44.4 Å². The number of hydrogen-bond donors (Lipinski definition) is 2. The van der Waals surface area contributed by atoms with Gasteiger partial charge in [-0.05, 0) is 45.1 Å². The first-order valence-corrected chi connectivity index (χ1v) is 8.29. The van der Waals surface area contributed by atoms with Gasteiger partial charge >= 0.3 is 0 Å². The molecule has 1 amide bonds. The number of fused-ring (bicyclic) bond motifs is 2. The number of carbonyl (C=O) groups is 1. The molecule has 20 heavy (non-hydrogen) atoms. The molecule has 2 aliphatic rings. The first-order chi connectivity index (χ1) is 9.49. The normalized spacial score (nSPS) is 30.8. The van der Waals surface area contributed by atoms with E-state index in [0.717, 1.165) is 6.54 Å². The van der Waals surface area contributed by atoms with Crippen molar-refractivity contribution in [3.05, 3.63) is 0 Å². The van der Waals surface area contributed by atoms with Crippen molar-refractivity contribution in [3.8, 4) is 0 Å². The molecule has 4 heteroatoms. The van der Waals surface area contributed by atoms with Gasteiger partial charge in [0.25, 0.3) is 0 Å². The van der Waals surface area contributed by atoms with Gasteiger partial charge in [0.05, 0.1) is 6.54 Å². The second kappa shape index (κ2) is 6.90. The summed E-state index contributed by atoms with van der Waals surface area (Å²) < 4.78 is 0. The Balaban J connectivity index is 1.84. The molecule has 3 atom stereocenters. The lowest BCUT2D eigenvalue weighted by molar-refractivity contribution is -0.123. The Labute approximate surface area is 123 Å². The van der Waals surface area contributed by atoms with Crippen molar-refractivity contribution < 1.29 is 4.79 Å². The number of hydrogen-bond acceptors (Lipinski definition) is 3. The fraction of sp³-hybridized carbons (Fsp3) is 0.938. The predicted molar refractivity (Wildman–Crippen MR) is 82.7 cm³/mol. The van der Waals surface area contributed by atoms with E-state index in [1.165, 1.54) is 25.7 Å². The van der Waals surface area contributed by atoms with Crippen LogP contribution in [0.4, 0.5) is 0 Å². The minimum absolute atomic E-state index is 0.180. The third-order valence-corrected chi connectivity index (χ3v) is 5.11. The minimum Gasteiger partial charge on any atom is -0.352 e. The molecule has 2 aliphatic heterocycles. The zero-order valence-corrected chi connectivity index (χ0v) is 13.5. The summed E-state index contributed by atoms with van der Waals surface area (Å²) in [5, 5.41) is 6.80. The van der Waals surface area contributed by atoms with Crippen LogP contribution in [-0.4, -0.2) is 48.1 Å². The molecule has 0 aromatic heterocycles. The van der Waals surface area contributed by atoms with Gasteiger partial charge in [-0.2, -0.15) is 0 Å². The van der Waals surface area contributed by atoms with Gasteiger partial charge < -0.3 is 10.6 Å². The van der Waals surface area contributed by atoms with E-state index >= 15 is 0 Å². The summed E-state index contributed by atoms with van der Waals surface area (Å²) in [5.41, 5.74) is 0. The maximum atomic E-state index is 12.2. The molecule has 2 heterocycles. The van der Waals surface area contributed by atoms with Gasteiger partial charge in [0, 0.05) is 24.2 Å². The highest BCUT2D eigenvalue weighted by Crippen LogP contribution is 2.29. The average molecular weight is 281 g/mol. The van der Waals surface area contributed by atoms with Crippen molar-refractivity contribution in [1.29, 1.82) is 0 Å². The van der Waals surface area contributed by atoms with Crippen LogP contribution in [-0.2, 0) is 4.79 Å². The van der Waals surface area contributed by atoms with Crippen LogP contribution in [0.2, 0.25) is 0 Å². The van der Waals surface area contributed by atoms with Crippen LogP contribution in [0.1, 0.15) is 53.4 Å². The summed E-state index contributed by atoms with van der Waals surface area (Å²) in [7, 11) is 0. The molecular weight excluding hydrogens is 250 g/mol. The molecule has 0 spiro atoms. The largest absolute Gasteiger partial charge is 0.352 e. The smallest absolute Gasteiger partial charge is 0.234 e. The fourth-order valence-electron chi connectivity index (χ4n) is 3.48. The van der Waals surface area contributed by atoms with E-state index < -0.39 is 0 Å². The Morgan fingerprint density at radius 3 is 2.35 bits per heavy atom. The molecule has 0 saturated carbocycles. The molecule has 0 aliphatic carbocycles. The zero-order valence-electron chi connectivity index (χ0n) is 13.5. The van der Waals surface area contributed by atoms with Crippen molar-refractivity contribution >= 4 is 5.91 Å². The maximum Gasteiger partial charge on any atom is 0.234 e. The van der Waals surface area contributed by atoms with Crippen LogP contribution in [0.25, 0.3) is 0 Å². The van der Waals surface area contributed by atoms with Gasteiger partial charge in [-0.15, -0.1) is 0 Å². The molecule has 2 saturated heterocycles. The van der Waals surface area contributed by atoms with E-state index in [9.17, 15) is 4.79 Å². The number of piperidine rings is 1. The maximum absolute atomic E-state index is 12.2. The molecule has 0 aromatic carbocycles. The number of rotatable bonds is 6. The first kappa shape index (κ1) is 15.8. The summed E-state index contributed by atoms with van der Waals surface area (Å²) in [6.07, 6.45) is 5.04. The van der Waals surface area contributed by atoms with Crippen LogP contribution in [0.5, 0.6) is 0 Å². The van der Waals surface area contributed by atoms with E-state index in [4.69, 9.17) is 0 Å². The Kier molecular flexibility index (Phi) is 5.44. The molecule has 2 bridgehead atoms. The first-order valence-electron chi connectivity index (χ1n) is 8.29. The molecule has 2 fully saturated rings. The summed E-state index contributed by atoms with van der Waals surface area (Å²) in [6, 6.07) is 2.21. The van der Waals surface area contributed by atoms with E-state index in [1.54, 1.807) is 0 Å². The van der Waals surface area contributed by atoms with E-state index in [1.807, 2.05) is 0 Å². The fourth-order valence-corrected chi connectivity index (χ4v) is 3.48. The lowest BCUT2D eigenvalue weighted by Crippen LogP contribution is -2.51. The van der Waals surface area contributed by atoms with Crippen LogP contribution >= 0.6 is 0 Å². The third kappa shape index (κ3) is 3.95. The van der Waals surface area contributed by atoms with Crippen LogP contribution in [0, 0.1) is 5.92 Å². The number of carbonyl (C=O) groups excluding carboxylic acids is 1. The van der Waals surface area contributed by atoms with Crippen LogP contribution in [0.15, 0.2) is 0 Å². The Morgan fingerprint density at radius 2 is 1.85 bits per heavy atom. The van der Waals surface area contributed by atoms with Gasteiger partial charge in [0.15, 0.2) is 0 Å². The van der Waals surface area contributed by atoms with E-state index in [0.29, 0.717) is 30.6 Å². The summed E-state index contributed by atoms with van der Waals surface area (Å²) in [6.45, 7) is 10.1. The van der Waals surface area contributed by atoms with Crippen molar-refractivity contribution in [2.24, 2.45) is 5.92 Å². The monoisotopic (exact) mass is 281 g/mol. The van der Waals surface area contributed by atoms with Crippen LogP contribution < -0.4 is 10.6 Å². The van der Waals surface area contributed by atoms with Crippen molar-refractivity contribution in [1.82, 2.24) is 15.5 Å². The molecule has 2 rings (SSSR count). The second-order valence-corrected chi connectivity index (χ2v) is 6.93. The Bertz CT molecular complexity index is 320. The molecule has 2 N–H and O–H groups in total. The van der Waals surface area contributed by atoms with E-state index in [-0.39, 0.29) is 11.9 Å². The van der Waals surface area contributed by atoms with Crippen molar-refractivity contribution in [2.45, 2.75) is 77.5 Å². The number of nitrogens with one attached hydrogen (secondary N) is 2. The quantitative estimate of drug-likeness (QED) is 0.779. The number of likely N-dealkylation sites (N-methyl/N-ethyl adjacent to an activating group) is 1. The molecule has 4 nitrogen and oxygen atoms in total. The highest BCUT2D eigenvalue weighted by atomic mass is 16.2. The third-order valence-electron chi connectivity index (χ3n) is 5.11. The van der Waals surface area contributed by atoms with Crippen LogP contribution in [0.3, 0.4) is 0 Å². The minimum atomic E-state index is 0.180. The van der Waals surface area contributed by atoms with Crippen molar-refractivity contribution in [3.63, 3.8) is 0 Å². The van der Waals surface area contributed by atoms with E-state index in [2.05, 4.69) is 43.2 Å². The SMILES string of the molecule is CCN(CC(=O)NC(C)C(C)C)C1CC2CCC(C1)N2. The second-order valence-electron chi connectivity index (χ2n) is 6.93. The number of nitrogens with zero attached hydrogens (tertiary/aromatic N) is 1. The highest BCUT2D eigenvalue weighted by molar-refractivity contribution is 5.78. The van der Waals surface area contributed by atoms with Gasteiger partial charge in [-0.1, -0.05) is 20.8 Å². The zero-order chi connectivity index (χ0) is 14.7. The molecular formula is C16H31N3O. The molecule has 0 radical (unpaired) electrons. The predicted octanol–water partition coefficient (Wildman–Crippen LogP) is 1.75. The van der Waals surface area contributed by atoms with Gasteiger partial charge in [-0.3, -0.25) is 9.69 Å². The average Bonchev–Trinajstić information content (AvgIpc) is 2.74. The van der Waals surface area contributed by atoms with Gasteiger partial charge in [0.1, 0.15) is 0 Å². The molecule has 3 unspecified atom stereocenters. The lowest BCUT2D eigenvalue weighted by Gasteiger charge is -2.37. The lowest BCUT2D eigenvalue weighted by atomic mass is 9.98. The summed E-state index contributed by atoms with van der Waals surface area (Å²) >= 11 is 0. The summed E-state index contributed by atoms with van der Waals surface area (Å²) in [5.74, 6) is 0.669. The van der Waals surface area contributed by atoms with Gasteiger partial charge in [-0.25, -0.2) is 0 Å². The Hall–Kier alpha value is -0.610. The molecule has 0 aromatic rings. The summed E-state index contributed by atoms with van der Waals surface area (Å²) in [4.78, 5) is 14.5. The number of amides is 1.